The average Bonchev–Trinajstić information content (AvgIpc) is 3.04. The Kier molecular flexibility index (Phi) is 3.91. The Balaban J connectivity index is 1.93. The molecule has 1 aliphatic rings. The van der Waals surface area contributed by atoms with Crippen LogP contribution in [0.15, 0.2) is 17.2 Å². The van der Waals surface area contributed by atoms with E-state index in [1.54, 1.807) is 6.07 Å². The molecule has 124 valence electrons. The summed E-state index contributed by atoms with van der Waals surface area (Å²) in [5.41, 5.74) is -0.377. The van der Waals surface area contributed by atoms with Crippen LogP contribution in [0.4, 0.5) is 13.2 Å². The number of thiophene rings is 1. The zero-order chi connectivity index (χ0) is 16.8. The Morgan fingerprint density at radius 2 is 2.13 bits per heavy atom. The SMILES string of the molecule is CCc1cc2c(=O)n([C@@H]3CCN(CC(F)(F)F)C3=O)cnc2s1. The van der Waals surface area contributed by atoms with Crippen molar-refractivity contribution in [2.24, 2.45) is 0 Å². The first kappa shape index (κ1) is 16.0. The molecule has 5 nitrogen and oxygen atoms in total. The van der Waals surface area contributed by atoms with E-state index in [2.05, 4.69) is 4.98 Å². The summed E-state index contributed by atoms with van der Waals surface area (Å²) in [6.07, 6.45) is -2.24. The predicted molar refractivity (Wildman–Crippen MR) is 79.5 cm³/mol. The number of carbonyl (C=O) groups is 1. The number of aryl methyl sites for hydroxylation is 1. The van der Waals surface area contributed by atoms with Crippen LogP contribution in [0.5, 0.6) is 0 Å². The van der Waals surface area contributed by atoms with Gasteiger partial charge in [0.05, 0.1) is 11.7 Å². The monoisotopic (exact) mass is 345 g/mol. The fourth-order valence-electron chi connectivity index (χ4n) is 2.74. The third kappa shape index (κ3) is 2.97. The summed E-state index contributed by atoms with van der Waals surface area (Å²) in [6, 6.07) is 0.824. The van der Waals surface area contributed by atoms with Crippen LogP contribution >= 0.6 is 11.3 Å². The van der Waals surface area contributed by atoms with Gasteiger partial charge in [0.15, 0.2) is 0 Å². The van der Waals surface area contributed by atoms with E-state index in [9.17, 15) is 22.8 Å². The highest BCUT2D eigenvalue weighted by atomic mass is 32.1. The van der Waals surface area contributed by atoms with E-state index >= 15 is 0 Å². The molecule has 2 aromatic rings. The first-order chi connectivity index (χ1) is 10.8. The van der Waals surface area contributed by atoms with Gasteiger partial charge in [0, 0.05) is 11.4 Å². The summed E-state index contributed by atoms with van der Waals surface area (Å²) in [5.74, 6) is -0.684. The molecule has 1 aliphatic heterocycles. The Morgan fingerprint density at radius 3 is 2.78 bits per heavy atom. The van der Waals surface area contributed by atoms with Crippen molar-refractivity contribution in [1.29, 1.82) is 0 Å². The normalized spacial score (nSPS) is 19.0. The van der Waals surface area contributed by atoms with E-state index in [0.717, 1.165) is 20.8 Å². The molecule has 0 aromatic carbocycles. The molecule has 0 radical (unpaired) electrons. The lowest BCUT2D eigenvalue weighted by Crippen LogP contribution is -2.38. The first-order valence-corrected chi connectivity index (χ1v) is 7.97. The number of halogens is 3. The summed E-state index contributed by atoms with van der Waals surface area (Å²) in [7, 11) is 0. The predicted octanol–water partition coefficient (Wildman–Crippen LogP) is 2.36. The number of fused-ring (bicyclic) bond motifs is 1. The molecule has 3 rings (SSSR count). The molecule has 1 amide bonds. The van der Waals surface area contributed by atoms with Crippen molar-refractivity contribution in [3.05, 3.63) is 27.6 Å². The number of alkyl halides is 3. The molecule has 0 unspecified atom stereocenters. The van der Waals surface area contributed by atoms with Crippen LogP contribution in [0.3, 0.4) is 0 Å². The highest BCUT2D eigenvalue weighted by molar-refractivity contribution is 7.18. The van der Waals surface area contributed by atoms with Gasteiger partial charge in [-0.05, 0) is 18.9 Å². The number of rotatable bonds is 3. The molecular formula is C14H14F3N3O2S. The quantitative estimate of drug-likeness (QED) is 0.858. The van der Waals surface area contributed by atoms with E-state index < -0.39 is 24.7 Å². The van der Waals surface area contributed by atoms with Crippen molar-refractivity contribution in [3.63, 3.8) is 0 Å². The van der Waals surface area contributed by atoms with Gasteiger partial charge in [0.2, 0.25) is 5.91 Å². The summed E-state index contributed by atoms with van der Waals surface area (Å²) in [6.45, 7) is 0.654. The minimum Gasteiger partial charge on any atom is -0.332 e. The first-order valence-electron chi connectivity index (χ1n) is 7.15. The van der Waals surface area contributed by atoms with Crippen LogP contribution in [0.2, 0.25) is 0 Å². The molecule has 0 bridgehead atoms. The van der Waals surface area contributed by atoms with Crippen LogP contribution in [0.25, 0.3) is 10.2 Å². The highest BCUT2D eigenvalue weighted by Gasteiger charge is 2.40. The number of likely N-dealkylation sites (tertiary alicyclic amines) is 1. The molecule has 0 spiro atoms. The number of hydrogen-bond acceptors (Lipinski definition) is 4. The van der Waals surface area contributed by atoms with E-state index in [1.165, 1.54) is 17.7 Å². The van der Waals surface area contributed by atoms with Gasteiger partial charge in [-0.1, -0.05) is 6.92 Å². The van der Waals surface area contributed by atoms with Crippen LogP contribution in [-0.4, -0.2) is 39.6 Å². The van der Waals surface area contributed by atoms with Crippen molar-refractivity contribution in [2.75, 3.05) is 13.1 Å². The lowest BCUT2D eigenvalue weighted by Gasteiger charge is -2.18. The van der Waals surface area contributed by atoms with Crippen LogP contribution in [0.1, 0.15) is 24.3 Å². The Hall–Kier alpha value is -1.90. The maximum absolute atomic E-state index is 12.5. The molecule has 1 atom stereocenters. The molecule has 0 aliphatic carbocycles. The molecule has 1 saturated heterocycles. The molecule has 3 heterocycles. The standard InChI is InChI=1S/C14H14F3N3O2S/c1-2-8-5-9-11(23-8)18-7-20(12(9)21)10-3-4-19(13(10)22)6-14(15,16)17/h5,7,10H,2-4,6H2,1H3/t10-/m1/s1. The number of aromatic nitrogens is 2. The van der Waals surface area contributed by atoms with Crippen molar-refractivity contribution in [3.8, 4) is 0 Å². The van der Waals surface area contributed by atoms with Gasteiger partial charge in [-0.2, -0.15) is 13.2 Å². The molecule has 0 saturated carbocycles. The lowest BCUT2D eigenvalue weighted by atomic mass is 10.2. The van der Waals surface area contributed by atoms with Gasteiger partial charge in [-0.25, -0.2) is 4.98 Å². The smallest absolute Gasteiger partial charge is 0.332 e. The maximum Gasteiger partial charge on any atom is 0.406 e. The number of hydrogen-bond donors (Lipinski definition) is 0. The molecule has 2 aromatic heterocycles. The molecule has 0 N–H and O–H groups in total. The molecule has 1 fully saturated rings. The van der Waals surface area contributed by atoms with Crippen molar-refractivity contribution >= 4 is 27.5 Å². The fraction of sp³-hybridized carbons (Fsp3) is 0.500. The minimum atomic E-state index is -4.44. The summed E-state index contributed by atoms with van der Waals surface area (Å²) >= 11 is 1.40. The molecular weight excluding hydrogens is 331 g/mol. The average molecular weight is 345 g/mol. The van der Waals surface area contributed by atoms with Crippen molar-refractivity contribution in [1.82, 2.24) is 14.5 Å². The Morgan fingerprint density at radius 1 is 1.39 bits per heavy atom. The second-order valence-electron chi connectivity index (χ2n) is 5.42. The van der Waals surface area contributed by atoms with E-state index in [1.807, 2.05) is 6.92 Å². The topological polar surface area (TPSA) is 55.2 Å². The maximum atomic E-state index is 12.5. The van der Waals surface area contributed by atoms with E-state index in [0.29, 0.717) is 10.2 Å². The van der Waals surface area contributed by atoms with Crippen molar-refractivity contribution in [2.45, 2.75) is 32.0 Å². The number of carbonyl (C=O) groups excluding carboxylic acids is 1. The lowest BCUT2D eigenvalue weighted by molar-refractivity contribution is -0.158. The van der Waals surface area contributed by atoms with Gasteiger partial charge >= 0.3 is 6.18 Å². The summed E-state index contributed by atoms with van der Waals surface area (Å²) in [5, 5.41) is 0.413. The van der Waals surface area contributed by atoms with Gasteiger partial charge in [0.1, 0.15) is 17.4 Å². The van der Waals surface area contributed by atoms with E-state index in [4.69, 9.17) is 0 Å². The third-order valence-corrected chi connectivity index (χ3v) is 5.04. The Labute approximate surface area is 133 Å². The van der Waals surface area contributed by atoms with Gasteiger partial charge in [-0.3, -0.25) is 14.2 Å². The summed E-state index contributed by atoms with van der Waals surface area (Å²) < 4.78 is 38.6. The second-order valence-corrected chi connectivity index (χ2v) is 6.54. The zero-order valence-corrected chi connectivity index (χ0v) is 13.1. The highest BCUT2D eigenvalue weighted by Crippen LogP contribution is 2.27. The summed E-state index contributed by atoms with van der Waals surface area (Å²) in [4.78, 5) is 31.2. The number of amides is 1. The van der Waals surface area contributed by atoms with Gasteiger partial charge in [0.25, 0.3) is 5.56 Å². The fourth-order valence-corrected chi connectivity index (χ4v) is 3.66. The second kappa shape index (κ2) is 5.63. The van der Waals surface area contributed by atoms with Crippen molar-refractivity contribution < 1.29 is 18.0 Å². The number of nitrogens with zero attached hydrogens (tertiary/aromatic N) is 3. The van der Waals surface area contributed by atoms with Crippen LogP contribution in [-0.2, 0) is 11.2 Å². The van der Waals surface area contributed by atoms with Gasteiger partial charge in [-0.15, -0.1) is 11.3 Å². The molecule has 9 heteroatoms. The minimum absolute atomic E-state index is 0.0165. The Bertz CT molecular complexity index is 812. The van der Waals surface area contributed by atoms with Crippen LogP contribution < -0.4 is 5.56 Å². The largest absolute Gasteiger partial charge is 0.406 e. The zero-order valence-electron chi connectivity index (χ0n) is 12.3. The molecule has 23 heavy (non-hydrogen) atoms. The third-order valence-electron chi connectivity index (χ3n) is 3.85. The van der Waals surface area contributed by atoms with Crippen LogP contribution in [0, 0.1) is 0 Å². The van der Waals surface area contributed by atoms with Gasteiger partial charge < -0.3 is 4.90 Å². The van der Waals surface area contributed by atoms with E-state index in [-0.39, 0.29) is 18.5 Å².